The maximum absolute atomic E-state index is 3.56. The minimum Gasteiger partial charge on any atom is -0.371 e. The van der Waals surface area contributed by atoms with Gasteiger partial charge in [-0.1, -0.05) is 26.0 Å². The van der Waals surface area contributed by atoms with Crippen molar-refractivity contribution in [1.29, 1.82) is 0 Å². The summed E-state index contributed by atoms with van der Waals surface area (Å²) in [4.78, 5) is 2.55. The Morgan fingerprint density at radius 1 is 1.33 bits per heavy atom. The van der Waals surface area contributed by atoms with Crippen LogP contribution in [0.25, 0.3) is 0 Å². The molecule has 0 radical (unpaired) electrons. The quantitative estimate of drug-likeness (QED) is 0.878. The van der Waals surface area contributed by atoms with E-state index in [1.165, 1.54) is 36.3 Å². The lowest BCUT2D eigenvalue weighted by molar-refractivity contribution is 0.480. The molecule has 1 saturated heterocycles. The van der Waals surface area contributed by atoms with Gasteiger partial charge in [0.05, 0.1) is 0 Å². The molecule has 18 heavy (non-hydrogen) atoms. The third-order valence-electron chi connectivity index (χ3n) is 3.81. The van der Waals surface area contributed by atoms with Crippen LogP contribution in [0.5, 0.6) is 0 Å². The molecule has 100 valence electrons. The van der Waals surface area contributed by atoms with Crippen LogP contribution >= 0.6 is 0 Å². The zero-order valence-corrected chi connectivity index (χ0v) is 12.2. The maximum Gasteiger partial charge on any atom is 0.0398 e. The fourth-order valence-corrected chi connectivity index (χ4v) is 2.68. The van der Waals surface area contributed by atoms with Crippen LogP contribution in [-0.4, -0.2) is 25.7 Å². The van der Waals surface area contributed by atoms with Gasteiger partial charge in [-0.15, -0.1) is 0 Å². The number of hydrogen-bond donors (Lipinski definition) is 1. The first kappa shape index (κ1) is 13.4. The maximum atomic E-state index is 3.56. The summed E-state index contributed by atoms with van der Waals surface area (Å²) >= 11 is 0. The van der Waals surface area contributed by atoms with E-state index in [9.17, 15) is 0 Å². The standard InChI is InChI=1S/C16H26N2/c1-12(2)17-10-15-7-8-18(11-15)16-9-13(3)5-6-14(16)4/h5-6,9,12,15,17H,7-8,10-11H2,1-4H3. The summed E-state index contributed by atoms with van der Waals surface area (Å²) in [6.45, 7) is 12.4. The van der Waals surface area contributed by atoms with Crippen molar-refractivity contribution in [3.63, 3.8) is 0 Å². The zero-order chi connectivity index (χ0) is 13.1. The van der Waals surface area contributed by atoms with E-state index in [1.54, 1.807) is 0 Å². The fraction of sp³-hybridized carbons (Fsp3) is 0.625. The van der Waals surface area contributed by atoms with Crippen LogP contribution in [0.1, 0.15) is 31.4 Å². The second-order valence-electron chi connectivity index (χ2n) is 5.95. The van der Waals surface area contributed by atoms with Gasteiger partial charge in [-0.3, -0.25) is 0 Å². The molecule has 1 atom stereocenters. The van der Waals surface area contributed by atoms with Crippen LogP contribution in [-0.2, 0) is 0 Å². The molecule has 2 heteroatoms. The average molecular weight is 246 g/mol. The molecule has 1 fully saturated rings. The van der Waals surface area contributed by atoms with Gasteiger partial charge in [-0.25, -0.2) is 0 Å². The van der Waals surface area contributed by atoms with Crippen LogP contribution in [0.2, 0.25) is 0 Å². The van der Waals surface area contributed by atoms with Gasteiger partial charge >= 0.3 is 0 Å². The summed E-state index contributed by atoms with van der Waals surface area (Å²) in [5.41, 5.74) is 4.19. The van der Waals surface area contributed by atoms with Crippen LogP contribution in [0.15, 0.2) is 18.2 Å². The van der Waals surface area contributed by atoms with E-state index in [-0.39, 0.29) is 0 Å². The topological polar surface area (TPSA) is 15.3 Å². The summed E-state index contributed by atoms with van der Waals surface area (Å²) in [6, 6.07) is 7.37. The van der Waals surface area contributed by atoms with E-state index in [4.69, 9.17) is 0 Å². The molecule has 0 aromatic heterocycles. The van der Waals surface area contributed by atoms with Gasteiger partial charge in [0.25, 0.3) is 0 Å². The van der Waals surface area contributed by atoms with E-state index in [1.807, 2.05) is 0 Å². The lowest BCUT2D eigenvalue weighted by atomic mass is 10.1. The number of nitrogens with one attached hydrogen (secondary N) is 1. The predicted octanol–water partition coefficient (Wildman–Crippen LogP) is 3.13. The fourth-order valence-electron chi connectivity index (χ4n) is 2.68. The lowest BCUT2D eigenvalue weighted by Gasteiger charge is -2.22. The molecular weight excluding hydrogens is 220 g/mol. The van der Waals surface area contributed by atoms with Gasteiger partial charge in [0.15, 0.2) is 0 Å². The Hall–Kier alpha value is -1.02. The third-order valence-corrected chi connectivity index (χ3v) is 3.81. The molecule has 2 rings (SSSR count). The van der Waals surface area contributed by atoms with E-state index < -0.39 is 0 Å². The van der Waals surface area contributed by atoms with E-state index in [2.05, 4.69) is 56.1 Å². The number of aryl methyl sites for hydroxylation is 2. The minimum atomic E-state index is 0.597. The first-order valence-corrected chi connectivity index (χ1v) is 7.12. The highest BCUT2D eigenvalue weighted by Gasteiger charge is 2.23. The Kier molecular flexibility index (Phi) is 4.28. The van der Waals surface area contributed by atoms with Gasteiger partial charge in [-0.2, -0.15) is 0 Å². The second kappa shape index (κ2) is 5.75. The summed E-state index contributed by atoms with van der Waals surface area (Å²) in [6.07, 6.45) is 1.31. The van der Waals surface area contributed by atoms with Crippen LogP contribution in [0, 0.1) is 19.8 Å². The van der Waals surface area contributed by atoms with Crippen LogP contribution in [0.4, 0.5) is 5.69 Å². The number of nitrogens with zero attached hydrogens (tertiary/aromatic N) is 1. The summed E-state index contributed by atoms with van der Waals surface area (Å²) in [7, 11) is 0. The number of rotatable bonds is 4. The summed E-state index contributed by atoms with van der Waals surface area (Å²) in [5, 5.41) is 3.56. The van der Waals surface area contributed by atoms with E-state index >= 15 is 0 Å². The van der Waals surface area contributed by atoms with Crippen molar-refractivity contribution in [3.05, 3.63) is 29.3 Å². The lowest BCUT2D eigenvalue weighted by Crippen LogP contribution is -2.30. The van der Waals surface area contributed by atoms with Crippen molar-refractivity contribution in [2.75, 3.05) is 24.5 Å². The highest BCUT2D eigenvalue weighted by atomic mass is 15.2. The highest BCUT2D eigenvalue weighted by molar-refractivity contribution is 5.55. The molecule has 1 aromatic carbocycles. The van der Waals surface area contributed by atoms with E-state index in [0.29, 0.717) is 6.04 Å². The Balaban J connectivity index is 1.97. The molecule has 1 heterocycles. The Bertz CT molecular complexity index is 398. The normalized spacial score (nSPS) is 19.8. The summed E-state index contributed by atoms with van der Waals surface area (Å²) < 4.78 is 0. The highest BCUT2D eigenvalue weighted by Crippen LogP contribution is 2.27. The molecule has 2 nitrogen and oxygen atoms in total. The smallest absolute Gasteiger partial charge is 0.0398 e. The van der Waals surface area contributed by atoms with Crippen molar-refractivity contribution >= 4 is 5.69 Å². The molecule has 0 spiro atoms. The van der Waals surface area contributed by atoms with Gasteiger partial charge in [0.2, 0.25) is 0 Å². The predicted molar refractivity (Wildman–Crippen MR) is 79.4 cm³/mol. The monoisotopic (exact) mass is 246 g/mol. The molecule has 1 aliphatic heterocycles. The molecule has 1 N–H and O–H groups in total. The third kappa shape index (κ3) is 3.26. The largest absolute Gasteiger partial charge is 0.371 e. The van der Waals surface area contributed by atoms with Crippen molar-refractivity contribution < 1.29 is 0 Å². The first-order valence-electron chi connectivity index (χ1n) is 7.12. The van der Waals surface area contributed by atoms with Crippen molar-refractivity contribution in [1.82, 2.24) is 5.32 Å². The number of anilines is 1. The molecule has 1 unspecified atom stereocenters. The van der Waals surface area contributed by atoms with Crippen LogP contribution in [0.3, 0.4) is 0 Å². The minimum absolute atomic E-state index is 0.597. The Morgan fingerprint density at radius 3 is 2.83 bits per heavy atom. The van der Waals surface area contributed by atoms with Crippen molar-refractivity contribution in [3.8, 4) is 0 Å². The molecular formula is C16H26N2. The molecule has 0 amide bonds. The molecule has 1 aromatic rings. The van der Waals surface area contributed by atoms with Crippen molar-refractivity contribution in [2.45, 2.75) is 40.2 Å². The number of hydrogen-bond acceptors (Lipinski definition) is 2. The Labute approximate surface area is 111 Å². The van der Waals surface area contributed by atoms with Gasteiger partial charge < -0.3 is 10.2 Å². The van der Waals surface area contributed by atoms with Gasteiger partial charge in [0.1, 0.15) is 0 Å². The average Bonchev–Trinajstić information content (AvgIpc) is 2.78. The van der Waals surface area contributed by atoms with E-state index in [0.717, 1.165) is 12.5 Å². The van der Waals surface area contributed by atoms with Gasteiger partial charge in [-0.05, 0) is 49.9 Å². The summed E-state index contributed by atoms with van der Waals surface area (Å²) in [5.74, 6) is 0.798. The first-order chi connectivity index (χ1) is 8.56. The number of benzene rings is 1. The molecule has 0 bridgehead atoms. The van der Waals surface area contributed by atoms with Crippen LogP contribution < -0.4 is 10.2 Å². The molecule has 1 aliphatic rings. The molecule has 0 saturated carbocycles. The SMILES string of the molecule is Cc1ccc(C)c(N2CCC(CNC(C)C)C2)c1. The van der Waals surface area contributed by atoms with Gasteiger partial charge in [0, 0.05) is 24.8 Å². The Morgan fingerprint density at radius 2 is 2.11 bits per heavy atom. The molecule has 0 aliphatic carbocycles. The van der Waals surface area contributed by atoms with Crippen molar-refractivity contribution in [2.24, 2.45) is 5.92 Å². The zero-order valence-electron chi connectivity index (χ0n) is 12.2. The second-order valence-corrected chi connectivity index (χ2v) is 5.95.